The number of piperazine rings is 1. The van der Waals surface area contributed by atoms with Gasteiger partial charge in [-0.2, -0.15) is 0 Å². The first-order chi connectivity index (χ1) is 15.5. The van der Waals surface area contributed by atoms with E-state index >= 15 is 0 Å². The molecule has 1 saturated heterocycles. The van der Waals surface area contributed by atoms with E-state index in [2.05, 4.69) is 44.4 Å². The number of anilines is 1. The fraction of sp³-hybridized carbons (Fsp3) is 0.435. The molecule has 3 aromatic rings. The van der Waals surface area contributed by atoms with Gasteiger partial charge in [0, 0.05) is 61.5 Å². The number of aromatic nitrogens is 2. The summed E-state index contributed by atoms with van der Waals surface area (Å²) >= 11 is 8.01. The van der Waals surface area contributed by atoms with Gasteiger partial charge in [-0.25, -0.2) is 9.97 Å². The Labute approximate surface area is 234 Å². The lowest BCUT2D eigenvalue weighted by Crippen LogP contribution is -2.50. The van der Waals surface area contributed by atoms with E-state index < -0.39 is 0 Å². The van der Waals surface area contributed by atoms with Crippen LogP contribution in [0.2, 0.25) is 5.02 Å². The monoisotopic (exact) mass is 580 g/mol. The number of benzene rings is 1. The van der Waals surface area contributed by atoms with Crippen LogP contribution in [0.1, 0.15) is 23.7 Å². The highest BCUT2D eigenvalue weighted by atomic mass is 35.5. The van der Waals surface area contributed by atoms with Gasteiger partial charge in [0.25, 0.3) is 5.91 Å². The van der Waals surface area contributed by atoms with Gasteiger partial charge in [0.05, 0.1) is 16.1 Å². The maximum Gasteiger partial charge on any atom is 0.251 e. The fourth-order valence-corrected chi connectivity index (χ4v) is 5.47. The van der Waals surface area contributed by atoms with Gasteiger partial charge in [-0.05, 0) is 38.6 Å². The minimum Gasteiger partial charge on any atom is -0.355 e. The molecule has 0 spiro atoms. The number of halogens is 4. The molecule has 12 heteroatoms. The summed E-state index contributed by atoms with van der Waals surface area (Å²) in [6.45, 7) is 7.50. The SMILES string of the molecule is CNC(=O)c1cccc2sc(-c3nc(NCCCN4CCN(C)CC4C)ncc3Cl)cc12.Cl.Cl.Cl. The average molecular weight is 582 g/mol. The van der Waals surface area contributed by atoms with Crippen molar-refractivity contribution >= 4 is 82.1 Å². The van der Waals surface area contributed by atoms with Gasteiger partial charge in [-0.3, -0.25) is 9.69 Å². The van der Waals surface area contributed by atoms with E-state index in [0.29, 0.717) is 28.3 Å². The van der Waals surface area contributed by atoms with Crippen LogP contribution >= 0.6 is 60.2 Å². The maximum absolute atomic E-state index is 12.2. The van der Waals surface area contributed by atoms with E-state index in [4.69, 9.17) is 11.6 Å². The topological polar surface area (TPSA) is 73.4 Å². The standard InChI is InChI=1S/C23H29ClN6OS.3ClH/c1-15-14-29(3)10-11-30(15)9-5-8-26-23-27-13-18(24)21(28-23)20-12-17-16(22(31)25-2)6-4-7-19(17)32-20;;;/h4,6-7,12-13,15H,5,8-11,14H2,1-3H3,(H,25,31)(H,26,27,28);3*1H. The number of hydrogen-bond donors (Lipinski definition) is 2. The van der Waals surface area contributed by atoms with Gasteiger partial charge < -0.3 is 15.5 Å². The van der Waals surface area contributed by atoms with E-state index in [0.717, 1.165) is 54.1 Å². The molecule has 1 aliphatic rings. The summed E-state index contributed by atoms with van der Waals surface area (Å²) in [5, 5.41) is 7.43. The second kappa shape index (κ2) is 14.4. The molecule has 0 bridgehead atoms. The van der Waals surface area contributed by atoms with Crippen LogP contribution in [0.15, 0.2) is 30.5 Å². The van der Waals surface area contributed by atoms with Crippen molar-refractivity contribution in [1.29, 1.82) is 0 Å². The summed E-state index contributed by atoms with van der Waals surface area (Å²) in [6.07, 6.45) is 2.66. The van der Waals surface area contributed by atoms with Crippen LogP contribution in [0, 0.1) is 0 Å². The van der Waals surface area contributed by atoms with Gasteiger partial charge in [-0.1, -0.05) is 17.7 Å². The van der Waals surface area contributed by atoms with Gasteiger partial charge in [0.15, 0.2) is 0 Å². The predicted octanol–water partition coefficient (Wildman–Crippen LogP) is 5.07. The zero-order valence-electron chi connectivity index (χ0n) is 19.9. The first-order valence-electron chi connectivity index (χ1n) is 10.9. The van der Waals surface area contributed by atoms with E-state index in [1.807, 2.05) is 24.3 Å². The summed E-state index contributed by atoms with van der Waals surface area (Å²) in [5.74, 6) is 0.463. The summed E-state index contributed by atoms with van der Waals surface area (Å²) in [7, 11) is 3.82. The van der Waals surface area contributed by atoms with E-state index in [1.54, 1.807) is 24.6 Å². The van der Waals surface area contributed by atoms with Crippen LogP contribution in [0.4, 0.5) is 5.95 Å². The molecule has 35 heavy (non-hydrogen) atoms. The van der Waals surface area contributed by atoms with Crippen molar-refractivity contribution in [1.82, 2.24) is 25.1 Å². The highest BCUT2D eigenvalue weighted by Crippen LogP contribution is 2.37. The highest BCUT2D eigenvalue weighted by Gasteiger charge is 2.20. The lowest BCUT2D eigenvalue weighted by atomic mass is 10.1. The van der Waals surface area contributed by atoms with Crippen LogP contribution in [0.25, 0.3) is 20.7 Å². The number of amides is 1. The summed E-state index contributed by atoms with van der Waals surface area (Å²) in [5.41, 5.74) is 1.33. The minimum atomic E-state index is -0.106. The third kappa shape index (κ3) is 7.55. The molecular weight excluding hydrogens is 550 g/mol. The molecule has 1 atom stereocenters. The molecule has 1 aromatic carbocycles. The van der Waals surface area contributed by atoms with E-state index in [9.17, 15) is 4.79 Å². The molecule has 1 fully saturated rings. The van der Waals surface area contributed by atoms with Crippen LogP contribution in [-0.2, 0) is 0 Å². The number of likely N-dealkylation sites (N-methyl/N-ethyl adjacent to an activating group) is 1. The first kappa shape index (κ1) is 31.6. The summed E-state index contributed by atoms with van der Waals surface area (Å²) in [4.78, 5) is 27.1. The van der Waals surface area contributed by atoms with Gasteiger partial charge in [0.2, 0.25) is 5.95 Å². The Kier molecular flexibility index (Phi) is 13.0. The van der Waals surface area contributed by atoms with Crippen LogP contribution in [0.5, 0.6) is 0 Å². The normalized spacial score (nSPS) is 16.1. The number of thiophene rings is 1. The van der Waals surface area contributed by atoms with Crippen molar-refractivity contribution in [2.24, 2.45) is 0 Å². The molecule has 2 N–H and O–H groups in total. The van der Waals surface area contributed by atoms with Gasteiger partial charge in [0.1, 0.15) is 5.69 Å². The predicted molar refractivity (Wildman–Crippen MR) is 155 cm³/mol. The minimum absolute atomic E-state index is 0. The lowest BCUT2D eigenvalue weighted by Gasteiger charge is -2.38. The maximum atomic E-state index is 12.2. The average Bonchev–Trinajstić information content (AvgIpc) is 3.22. The Bertz CT molecular complexity index is 1110. The Balaban J connectivity index is 0.00000204. The number of carbonyl (C=O) groups is 1. The fourth-order valence-electron chi connectivity index (χ4n) is 4.13. The Morgan fingerprint density at radius 2 is 2.03 bits per heavy atom. The molecule has 0 aliphatic carbocycles. The molecule has 1 aliphatic heterocycles. The van der Waals surface area contributed by atoms with Crippen molar-refractivity contribution in [2.45, 2.75) is 19.4 Å². The van der Waals surface area contributed by atoms with Crippen LogP contribution in [0.3, 0.4) is 0 Å². The van der Waals surface area contributed by atoms with Crippen molar-refractivity contribution < 1.29 is 4.79 Å². The number of rotatable bonds is 7. The molecular formula is C23H32Cl4N6OS. The third-order valence-electron chi connectivity index (χ3n) is 5.88. The molecule has 0 saturated carbocycles. The number of carbonyl (C=O) groups excluding carboxylic acids is 1. The van der Waals surface area contributed by atoms with Crippen molar-refractivity contribution in [3.8, 4) is 10.6 Å². The summed E-state index contributed by atoms with van der Waals surface area (Å²) in [6, 6.07) is 8.29. The van der Waals surface area contributed by atoms with Crippen LogP contribution < -0.4 is 10.6 Å². The molecule has 4 rings (SSSR count). The van der Waals surface area contributed by atoms with Crippen LogP contribution in [-0.4, -0.2) is 78.5 Å². The lowest BCUT2D eigenvalue weighted by molar-refractivity contribution is 0.0964. The van der Waals surface area contributed by atoms with E-state index in [-0.39, 0.29) is 43.1 Å². The van der Waals surface area contributed by atoms with Crippen molar-refractivity contribution in [3.05, 3.63) is 41.0 Å². The zero-order valence-corrected chi connectivity index (χ0v) is 23.9. The van der Waals surface area contributed by atoms with Gasteiger partial charge >= 0.3 is 0 Å². The van der Waals surface area contributed by atoms with Gasteiger partial charge in [-0.15, -0.1) is 48.6 Å². The Hall–Kier alpha value is -1.39. The second-order valence-electron chi connectivity index (χ2n) is 8.22. The molecule has 2 aromatic heterocycles. The van der Waals surface area contributed by atoms with E-state index in [1.165, 1.54) is 0 Å². The molecule has 0 radical (unpaired) electrons. The number of hydrogen-bond acceptors (Lipinski definition) is 7. The molecule has 1 unspecified atom stereocenters. The number of nitrogens with one attached hydrogen (secondary N) is 2. The second-order valence-corrected chi connectivity index (χ2v) is 9.72. The Morgan fingerprint density at radius 1 is 1.26 bits per heavy atom. The quantitative estimate of drug-likeness (QED) is 0.379. The number of nitrogens with zero attached hydrogens (tertiary/aromatic N) is 4. The van der Waals surface area contributed by atoms with Crippen molar-refractivity contribution in [3.63, 3.8) is 0 Å². The molecule has 3 heterocycles. The molecule has 1 amide bonds. The van der Waals surface area contributed by atoms with Crippen molar-refractivity contribution in [2.75, 3.05) is 52.1 Å². The Morgan fingerprint density at radius 3 is 2.74 bits per heavy atom. The zero-order chi connectivity index (χ0) is 22.7. The third-order valence-corrected chi connectivity index (χ3v) is 7.27. The number of fused-ring (bicyclic) bond motifs is 1. The molecule has 7 nitrogen and oxygen atoms in total. The smallest absolute Gasteiger partial charge is 0.251 e. The summed E-state index contributed by atoms with van der Waals surface area (Å²) < 4.78 is 1.02. The highest BCUT2D eigenvalue weighted by molar-refractivity contribution is 7.22. The largest absolute Gasteiger partial charge is 0.355 e. The molecule has 194 valence electrons. The first-order valence-corrected chi connectivity index (χ1v) is 12.1.